The van der Waals surface area contributed by atoms with Gasteiger partial charge in [-0.2, -0.15) is 0 Å². The molecule has 0 fully saturated rings. The van der Waals surface area contributed by atoms with Crippen LogP contribution in [0.4, 0.5) is 0 Å². The molecule has 1 aromatic carbocycles. The van der Waals surface area contributed by atoms with Crippen molar-refractivity contribution in [2.75, 3.05) is 33.2 Å². The Kier molecular flexibility index (Phi) is 6.65. The third-order valence-electron chi connectivity index (χ3n) is 4.16. The van der Waals surface area contributed by atoms with Crippen LogP contribution in [0.25, 0.3) is 0 Å². The maximum absolute atomic E-state index is 5.71. The number of fused-ring (bicyclic) bond motifs is 1. The SMILES string of the molecule is COc1cc2c(cc1OC)CN(CCCCCCCl)CC2. The second kappa shape index (κ2) is 8.50. The Hall–Kier alpha value is -0.930. The summed E-state index contributed by atoms with van der Waals surface area (Å²) < 4.78 is 10.8. The van der Waals surface area contributed by atoms with Crippen molar-refractivity contribution >= 4 is 11.6 Å². The molecule has 0 saturated heterocycles. The molecule has 0 atom stereocenters. The maximum atomic E-state index is 5.71. The van der Waals surface area contributed by atoms with Crippen molar-refractivity contribution in [3.63, 3.8) is 0 Å². The van der Waals surface area contributed by atoms with Crippen LogP contribution < -0.4 is 9.47 Å². The average molecular weight is 312 g/mol. The Balaban J connectivity index is 1.90. The number of unbranched alkanes of at least 4 members (excludes halogenated alkanes) is 3. The predicted octanol–water partition coefficient (Wildman–Crippen LogP) is 3.86. The highest BCUT2D eigenvalue weighted by atomic mass is 35.5. The lowest BCUT2D eigenvalue weighted by Crippen LogP contribution is -2.31. The summed E-state index contributed by atoms with van der Waals surface area (Å²) in [6, 6.07) is 4.26. The molecule has 0 spiro atoms. The van der Waals surface area contributed by atoms with Gasteiger partial charge in [0.15, 0.2) is 11.5 Å². The van der Waals surface area contributed by atoms with E-state index in [1.54, 1.807) is 14.2 Å². The molecule has 1 aliphatic rings. The standard InChI is InChI=1S/C17H26ClNO2/c1-20-16-11-14-7-10-19(9-6-4-3-5-8-18)13-15(14)12-17(16)21-2/h11-12H,3-10,13H2,1-2H3. The zero-order valence-corrected chi connectivity index (χ0v) is 13.9. The minimum absolute atomic E-state index is 0.790. The number of nitrogens with zero attached hydrogens (tertiary/aromatic N) is 1. The van der Waals surface area contributed by atoms with E-state index >= 15 is 0 Å². The summed E-state index contributed by atoms with van der Waals surface area (Å²) in [5, 5.41) is 0. The monoisotopic (exact) mass is 311 g/mol. The van der Waals surface area contributed by atoms with Crippen LogP contribution in [0.1, 0.15) is 36.8 Å². The molecule has 0 saturated carbocycles. The van der Waals surface area contributed by atoms with E-state index < -0.39 is 0 Å². The number of hydrogen-bond acceptors (Lipinski definition) is 3. The number of hydrogen-bond donors (Lipinski definition) is 0. The van der Waals surface area contributed by atoms with Gasteiger partial charge in [-0.15, -0.1) is 11.6 Å². The summed E-state index contributed by atoms with van der Waals surface area (Å²) >= 11 is 5.71. The Morgan fingerprint density at radius 1 is 1.00 bits per heavy atom. The smallest absolute Gasteiger partial charge is 0.161 e. The summed E-state index contributed by atoms with van der Waals surface area (Å²) in [4.78, 5) is 2.54. The molecule has 3 nitrogen and oxygen atoms in total. The Morgan fingerprint density at radius 2 is 1.67 bits per heavy atom. The number of methoxy groups -OCH3 is 2. The summed E-state index contributed by atoms with van der Waals surface area (Å²) in [6.45, 7) is 3.33. The third kappa shape index (κ3) is 4.52. The van der Waals surface area contributed by atoms with E-state index in [-0.39, 0.29) is 0 Å². The van der Waals surface area contributed by atoms with Gasteiger partial charge < -0.3 is 9.47 Å². The fourth-order valence-corrected chi connectivity index (χ4v) is 3.10. The van der Waals surface area contributed by atoms with Crippen LogP contribution in [-0.4, -0.2) is 38.1 Å². The van der Waals surface area contributed by atoms with Crippen LogP contribution in [0.5, 0.6) is 11.5 Å². The quantitative estimate of drug-likeness (QED) is 0.537. The van der Waals surface area contributed by atoms with Crippen LogP contribution in [0.3, 0.4) is 0 Å². The van der Waals surface area contributed by atoms with E-state index in [9.17, 15) is 0 Å². The Morgan fingerprint density at radius 3 is 2.33 bits per heavy atom. The number of ether oxygens (including phenoxy) is 2. The van der Waals surface area contributed by atoms with E-state index in [0.29, 0.717) is 0 Å². The molecule has 2 rings (SSSR count). The molecule has 0 amide bonds. The first-order valence-electron chi connectivity index (χ1n) is 7.80. The van der Waals surface area contributed by atoms with Gasteiger partial charge in [0.25, 0.3) is 0 Å². The van der Waals surface area contributed by atoms with Gasteiger partial charge in [0, 0.05) is 19.0 Å². The van der Waals surface area contributed by atoms with E-state index in [2.05, 4.69) is 17.0 Å². The van der Waals surface area contributed by atoms with Crippen molar-refractivity contribution in [1.29, 1.82) is 0 Å². The molecule has 21 heavy (non-hydrogen) atoms. The number of benzene rings is 1. The van der Waals surface area contributed by atoms with Crippen molar-refractivity contribution < 1.29 is 9.47 Å². The maximum Gasteiger partial charge on any atom is 0.161 e. The zero-order chi connectivity index (χ0) is 15.1. The number of rotatable bonds is 8. The first kappa shape index (κ1) is 16.4. The molecule has 1 aromatic rings. The van der Waals surface area contributed by atoms with Gasteiger partial charge in [-0.3, -0.25) is 4.90 Å². The van der Waals surface area contributed by atoms with Gasteiger partial charge in [-0.1, -0.05) is 12.8 Å². The van der Waals surface area contributed by atoms with E-state index in [4.69, 9.17) is 21.1 Å². The number of halogens is 1. The Labute approximate surface area is 133 Å². The van der Waals surface area contributed by atoms with Crippen molar-refractivity contribution in [1.82, 2.24) is 4.90 Å². The second-order valence-corrected chi connectivity index (χ2v) is 5.98. The van der Waals surface area contributed by atoms with Crippen LogP contribution in [0.2, 0.25) is 0 Å². The lowest BCUT2D eigenvalue weighted by atomic mass is 9.98. The molecule has 1 aliphatic heterocycles. The average Bonchev–Trinajstić information content (AvgIpc) is 2.53. The first-order valence-corrected chi connectivity index (χ1v) is 8.34. The summed E-state index contributed by atoms with van der Waals surface area (Å²) in [7, 11) is 3.39. The predicted molar refractivity (Wildman–Crippen MR) is 87.7 cm³/mol. The van der Waals surface area contributed by atoms with E-state index in [1.165, 1.54) is 36.9 Å². The van der Waals surface area contributed by atoms with Crippen LogP contribution in [0.15, 0.2) is 12.1 Å². The highest BCUT2D eigenvalue weighted by molar-refractivity contribution is 6.17. The zero-order valence-electron chi connectivity index (χ0n) is 13.2. The van der Waals surface area contributed by atoms with Crippen molar-refractivity contribution in [2.45, 2.75) is 38.6 Å². The minimum atomic E-state index is 0.790. The molecule has 0 unspecified atom stereocenters. The van der Waals surface area contributed by atoms with Gasteiger partial charge in [0.05, 0.1) is 14.2 Å². The van der Waals surface area contributed by atoms with Crippen molar-refractivity contribution in [2.24, 2.45) is 0 Å². The van der Waals surface area contributed by atoms with Gasteiger partial charge in [-0.25, -0.2) is 0 Å². The first-order chi connectivity index (χ1) is 10.3. The van der Waals surface area contributed by atoms with Gasteiger partial charge in [-0.05, 0) is 49.1 Å². The molecule has 0 N–H and O–H groups in total. The van der Waals surface area contributed by atoms with Gasteiger partial charge >= 0.3 is 0 Å². The van der Waals surface area contributed by atoms with Crippen LogP contribution in [-0.2, 0) is 13.0 Å². The highest BCUT2D eigenvalue weighted by Crippen LogP contribution is 2.33. The molecular weight excluding hydrogens is 286 g/mol. The summed E-state index contributed by atoms with van der Waals surface area (Å²) in [5.74, 6) is 2.46. The topological polar surface area (TPSA) is 21.7 Å². The van der Waals surface area contributed by atoms with E-state index in [0.717, 1.165) is 43.3 Å². The molecule has 0 bridgehead atoms. The minimum Gasteiger partial charge on any atom is -0.493 e. The largest absolute Gasteiger partial charge is 0.493 e. The van der Waals surface area contributed by atoms with Gasteiger partial charge in [0.1, 0.15) is 0 Å². The molecule has 4 heteroatoms. The van der Waals surface area contributed by atoms with E-state index in [1.807, 2.05) is 0 Å². The molecule has 118 valence electrons. The molecule has 0 aliphatic carbocycles. The summed E-state index contributed by atoms with van der Waals surface area (Å²) in [5.41, 5.74) is 2.77. The van der Waals surface area contributed by atoms with Crippen LogP contribution >= 0.6 is 11.6 Å². The highest BCUT2D eigenvalue weighted by Gasteiger charge is 2.18. The lowest BCUT2D eigenvalue weighted by molar-refractivity contribution is 0.247. The molecule has 0 aromatic heterocycles. The Bertz CT molecular complexity index is 451. The fraction of sp³-hybridized carbons (Fsp3) is 0.647. The molecule has 0 radical (unpaired) electrons. The van der Waals surface area contributed by atoms with Gasteiger partial charge in [0.2, 0.25) is 0 Å². The van der Waals surface area contributed by atoms with Crippen molar-refractivity contribution in [3.05, 3.63) is 23.3 Å². The third-order valence-corrected chi connectivity index (χ3v) is 4.42. The molecule has 1 heterocycles. The van der Waals surface area contributed by atoms with Crippen molar-refractivity contribution in [3.8, 4) is 11.5 Å². The van der Waals surface area contributed by atoms with Crippen LogP contribution in [0, 0.1) is 0 Å². The second-order valence-electron chi connectivity index (χ2n) is 5.61. The normalized spacial score (nSPS) is 14.8. The fourth-order valence-electron chi connectivity index (χ4n) is 2.92. The molecular formula is C17H26ClNO2. The lowest BCUT2D eigenvalue weighted by Gasteiger charge is -2.29. The summed E-state index contributed by atoms with van der Waals surface area (Å²) in [6.07, 6.45) is 6.03. The number of alkyl halides is 1.